The van der Waals surface area contributed by atoms with Crippen LogP contribution in [0, 0.1) is 6.92 Å². The minimum Gasteiger partial charge on any atom is -0.462 e. The summed E-state index contributed by atoms with van der Waals surface area (Å²) < 4.78 is 10.3. The molecule has 0 fully saturated rings. The molecule has 4 nitrogen and oxygen atoms in total. The Labute approximate surface area is 101 Å². The van der Waals surface area contributed by atoms with E-state index in [1.807, 2.05) is 13.0 Å². The maximum absolute atomic E-state index is 11.7. The van der Waals surface area contributed by atoms with E-state index in [0.717, 1.165) is 11.1 Å². The molecule has 1 atom stereocenters. The van der Waals surface area contributed by atoms with E-state index >= 15 is 0 Å². The summed E-state index contributed by atoms with van der Waals surface area (Å²) in [5.74, 6) is -0.362. The molecular weight excluding hydrogens is 219 g/mol. The number of hydrogen-bond donors (Lipinski definition) is 1. The molecule has 0 radical (unpaired) electrons. The Balaban J connectivity index is 2.46. The lowest BCUT2D eigenvalue weighted by Crippen LogP contribution is -2.32. The van der Waals surface area contributed by atoms with Crippen LogP contribution in [0.1, 0.15) is 41.4 Å². The molecule has 90 valence electrons. The third-order valence-electron chi connectivity index (χ3n) is 3.06. The molecule has 2 rings (SSSR count). The normalized spacial score (nSPS) is 18.1. The van der Waals surface area contributed by atoms with E-state index in [2.05, 4.69) is 0 Å². The van der Waals surface area contributed by atoms with Gasteiger partial charge in [0.2, 0.25) is 0 Å². The van der Waals surface area contributed by atoms with Crippen molar-refractivity contribution >= 4 is 18.6 Å². The van der Waals surface area contributed by atoms with Crippen LogP contribution in [-0.4, -0.2) is 24.7 Å². The minimum atomic E-state index is -0.950. The average Bonchev–Trinajstić information content (AvgIpc) is 2.56. The molecule has 0 bridgehead atoms. The van der Waals surface area contributed by atoms with Crippen LogP contribution in [0.3, 0.4) is 0 Å². The topological polar surface area (TPSA) is 55.8 Å². The minimum absolute atomic E-state index is 0.144. The van der Waals surface area contributed by atoms with Crippen molar-refractivity contribution in [2.45, 2.75) is 26.9 Å². The quantitative estimate of drug-likeness (QED) is 0.611. The zero-order chi connectivity index (χ0) is 12.6. The molecule has 1 N–H and O–H groups in total. The van der Waals surface area contributed by atoms with Gasteiger partial charge in [-0.1, -0.05) is 6.07 Å². The van der Waals surface area contributed by atoms with Crippen molar-refractivity contribution in [3.63, 3.8) is 0 Å². The zero-order valence-electron chi connectivity index (χ0n) is 10.2. The van der Waals surface area contributed by atoms with Crippen molar-refractivity contribution in [2.24, 2.45) is 0 Å². The van der Waals surface area contributed by atoms with Gasteiger partial charge in [-0.25, -0.2) is 4.79 Å². The Morgan fingerprint density at radius 3 is 2.94 bits per heavy atom. The molecule has 0 saturated heterocycles. The molecule has 1 aliphatic rings. The molecular formula is C12H15BO4. The fraction of sp³-hybridized carbons (Fsp3) is 0.417. The van der Waals surface area contributed by atoms with Crippen LogP contribution in [-0.2, 0) is 9.39 Å². The fourth-order valence-electron chi connectivity index (χ4n) is 2.20. The van der Waals surface area contributed by atoms with Gasteiger partial charge in [0.05, 0.1) is 18.3 Å². The summed E-state index contributed by atoms with van der Waals surface area (Å²) >= 11 is 0. The van der Waals surface area contributed by atoms with Gasteiger partial charge in [0.15, 0.2) is 0 Å². The third-order valence-corrected chi connectivity index (χ3v) is 3.06. The summed E-state index contributed by atoms with van der Waals surface area (Å²) in [7, 11) is -0.950. The van der Waals surface area contributed by atoms with Crippen molar-refractivity contribution in [3.8, 4) is 0 Å². The molecule has 1 aromatic carbocycles. The molecule has 0 aliphatic carbocycles. The monoisotopic (exact) mass is 234 g/mol. The summed E-state index contributed by atoms with van der Waals surface area (Å²) in [6, 6.07) is 3.54. The van der Waals surface area contributed by atoms with Gasteiger partial charge < -0.3 is 14.4 Å². The molecule has 17 heavy (non-hydrogen) atoms. The number of benzene rings is 1. The predicted octanol–water partition coefficient (Wildman–Crippen LogP) is 0.950. The standard InChI is InChI=1S/C12H15BO4/c1-4-16-12(14)9-5-6-10-8(3)17-13(15)11(10)7(9)2/h5-6,8,15H,4H2,1-3H3. The number of esters is 1. The van der Waals surface area contributed by atoms with Crippen LogP contribution in [0.15, 0.2) is 12.1 Å². The second kappa shape index (κ2) is 4.51. The first-order valence-corrected chi connectivity index (χ1v) is 5.70. The lowest BCUT2D eigenvalue weighted by Gasteiger charge is -2.10. The van der Waals surface area contributed by atoms with Crippen molar-refractivity contribution in [1.29, 1.82) is 0 Å². The Bertz CT molecular complexity index is 458. The average molecular weight is 234 g/mol. The lowest BCUT2D eigenvalue weighted by atomic mass is 9.75. The van der Waals surface area contributed by atoms with E-state index in [9.17, 15) is 9.82 Å². The van der Waals surface area contributed by atoms with Crippen molar-refractivity contribution in [3.05, 3.63) is 28.8 Å². The van der Waals surface area contributed by atoms with Crippen molar-refractivity contribution in [1.82, 2.24) is 0 Å². The highest BCUT2D eigenvalue weighted by Crippen LogP contribution is 2.25. The number of carbonyl (C=O) groups excluding carboxylic acids is 1. The summed E-state index contributed by atoms with van der Waals surface area (Å²) in [5.41, 5.74) is 2.85. The smallest absolute Gasteiger partial charge is 0.462 e. The summed E-state index contributed by atoms with van der Waals surface area (Å²) in [6.45, 7) is 5.78. The van der Waals surface area contributed by atoms with Crippen LogP contribution < -0.4 is 5.46 Å². The molecule has 1 unspecified atom stereocenters. The predicted molar refractivity (Wildman–Crippen MR) is 64.2 cm³/mol. The molecule has 0 saturated carbocycles. The van der Waals surface area contributed by atoms with Crippen molar-refractivity contribution < 1.29 is 19.2 Å². The van der Waals surface area contributed by atoms with E-state index < -0.39 is 7.12 Å². The molecule has 0 amide bonds. The van der Waals surface area contributed by atoms with E-state index in [1.54, 1.807) is 19.9 Å². The Hall–Kier alpha value is -1.33. The summed E-state index contributed by atoms with van der Waals surface area (Å²) in [5, 5.41) is 9.79. The SMILES string of the molecule is CCOC(=O)c1ccc2c(c1C)B(O)OC2C. The number of hydrogen-bond acceptors (Lipinski definition) is 4. The fourth-order valence-corrected chi connectivity index (χ4v) is 2.20. The Kier molecular flexibility index (Phi) is 3.22. The van der Waals surface area contributed by atoms with Crippen LogP contribution in [0.25, 0.3) is 0 Å². The van der Waals surface area contributed by atoms with E-state index in [0.29, 0.717) is 17.6 Å². The van der Waals surface area contributed by atoms with Crippen molar-refractivity contribution in [2.75, 3.05) is 6.61 Å². The van der Waals surface area contributed by atoms with E-state index in [-0.39, 0.29) is 12.1 Å². The Morgan fingerprint density at radius 2 is 2.29 bits per heavy atom. The third kappa shape index (κ3) is 1.96. The van der Waals surface area contributed by atoms with Crippen LogP contribution in [0.4, 0.5) is 0 Å². The van der Waals surface area contributed by atoms with E-state index in [1.165, 1.54) is 0 Å². The molecule has 0 aromatic heterocycles. The van der Waals surface area contributed by atoms with Gasteiger partial charge in [-0.05, 0) is 43.4 Å². The van der Waals surface area contributed by atoms with Crippen LogP contribution in [0.5, 0.6) is 0 Å². The molecule has 5 heteroatoms. The van der Waals surface area contributed by atoms with Gasteiger partial charge >= 0.3 is 13.1 Å². The maximum Gasteiger partial charge on any atom is 0.492 e. The van der Waals surface area contributed by atoms with Crippen LogP contribution >= 0.6 is 0 Å². The zero-order valence-corrected chi connectivity index (χ0v) is 10.2. The van der Waals surface area contributed by atoms with Gasteiger partial charge in [0.1, 0.15) is 0 Å². The molecule has 1 heterocycles. The number of rotatable bonds is 2. The first-order valence-electron chi connectivity index (χ1n) is 5.70. The van der Waals surface area contributed by atoms with E-state index in [4.69, 9.17) is 9.39 Å². The second-order valence-electron chi connectivity index (χ2n) is 4.09. The number of ether oxygens (including phenoxy) is 1. The van der Waals surface area contributed by atoms with Gasteiger partial charge in [-0.2, -0.15) is 0 Å². The highest BCUT2D eigenvalue weighted by molar-refractivity contribution is 6.62. The van der Waals surface area contributed by atoms with Gasteiger partial charge in [0, 0.05) is 0 Å². The number of carbonyl (C=O) groups is 1. The number of fused-ring (bicyclic) bond motifs is 1. The second-order valence-corrected chi connectivity index (χ2v) is 4.09. The highest BCUT2D eigenvalue weighted by Gasteiger charge is 2.35. The maximum atomic E-state index is 11.7. The van der Waals surface area contributed by atoms with Gasteiger partial charge in [-0.3, -0.25) is 0 Å². The first-order chi connectivity index (χ1) is 8.06. The van der Waals surface area contributed by atoms with Crippen LogP contribution in [0.2, 0.25) is 0 Å². The highest BCUT2D eigenvalue weighted by atomic mass is 16.5. The first kappa shape index (κ1) is 12.1. The van der Waals surface area contributed by atoms with Gasteiger partial charge in [0.25, 0.3) is 0 Å². The summed E-state index contributed by atoms with van der Waals surface area (Å²) in [6.07, 6.45) is -0.144. The van der Waals surface area contributed by atoms with Gasteiger partial charge in [-0.15, -0.1) is 0 Å². The Morgan fingerprint density at radius 1 is 1.59 bits per heavy atom. The summed E-state index contributed by atoms with van der Waals surface area (Å²) in [4.78, 5) is 11.7. The molecule has 1 aromatic rings. The lowest BCUT2D eigenvalue weighted by molar-refractivity contribution is 0.0525. The largest absolute Gasteiger partial charge is 0.492 e. The molecule has 0 spiro atoms. The molecule has 1 aliphatic heterocycles.